The van der Waals surface area contributed by atoms with Crippen LogP contribution < -0.4 is 0 Å². The lowest BCUT2D eigenvalue weighted by atomic mass is 10.0. The molecule has 4 nitrogen and oxygen atoms in total. The first-order valence-electron chi connectivity index (χ1n) is 5.59. The second-order valence-corrected chi connectivity index (χ2v) is 4.34. The SMILES string of the molecule is CC(C)=CCC/C(C)=C/CC(C(=O)O)C(=O)O. The highest BCUT2D eigenvalue weighted by molar-refractivity contribution is 5.93. The van der Waals surface area contributed by atoms with E-state index in [0.717, 1.165) is 18.4 Å². The van der Waals surface area contributed by atoms with Crippen LogP contribution in [0.2, 0.25) is 0 Å². The molecule has 0 heterocycles. The van der Waals surface area contributed by atoms with E-state index >= 15 is 0 Å². The van der Waals surface area contributed by atoms with E-state index in [2.05, 4.69) is 6.08 Å². The molecule has 0 unspecified atom stereocenters. The fourth-order valence-electron chi connectivity index (χ4n) is 1.32. The first-order chi connectivity index (χ1) is 7.84. The Labute approximate surface area is 102 Å². The van der Waals surface area contributed by atoms with Gasteiger partial charge in [0.15, 0.2) is 5.92 Å². The topological polar surface area (TPSA) is 74.6 Å². The van der Waals surface area contributed by atoms with Crippen LogP contribution >= 0.6 is 0 Å². The Balaban J connectivity index is 4.25. The third kappa shape index (κ3) is 7.33. The van der Waals surface area contributed by atoms with Crippen LogP contribution in [0, 0.1) is 5.92 Å². The van der Waals surface area contributed by atoms with E-state index in [1.165, 1.54) is 5.57 Å². The van der Waals surface area contributed by atoms with E-state index in [-0.39, 0.29) is 6.42 Å². The minimum Gasteiger partial charge on any atom is -0.481 e. The molecule has 0 spiro atoms. The van der Waals surface area contributed by atoms with Gasteiger partial charge in [0.2, 0.25) is 0 Å². The van der Waals surface area contributed by atoms with Crippen molar-refractivity contribution < 1.29 is 19.8 Å². The number of hydrogen-bond donors (Lipinski definition) is 2. The van der Waals surface area contributed by atoms with Gasteiger partial charge in [0.1, 0.15) is 0 Å². The lowest BCUT2D eigenvalue weighted by molar-refractivity contribution is -0.154. The predicted octanol–water partition coefficient (Wildman–Crippen LogP) is 2.85. The van der Waals surface area contributed by atoms with Crippen LogP contribution in [0.4, 0.5) is 0 Å². The molecule has 0 aromatic carbocycles. The van der Waals surface area contributed by atoms with Gasteiger partial charge in [-0.15, -0.1) is 0 Å². The van der Waals surface area contributed by atoms with Crippen molar-refractivity contribution in [2.24, 2.45) is 5.92 Å². The van der Waals surface area contributed by atoms with Gasteiger partial charge in [0, 0.05) is 0 Å². The fourth-order valence-corrected chi connectivity index (χ4v) is 1.32. The van der Waals surface area contributed by atoms with Gasteiger partial charge < -0.3 is 10.2 Å². The molecule has 0 saturated heterocycles. The third-order valence-electron chi connectivity index (χ3n) is 2.39. The maximum absolute atomic E-state index is 10.6. The van der Waals surface area contributed by atoms with Crippen molar-refractivity contribution in [3.8, 4) is 0 Å². The first-order valence-corrected chi connectivity index (χ1v) is 5.59. The van der Waals surface area contributed by atoms with Crippen molar-refractivity contribution >= 4 is 11.9 Å². The zero-order chi connectivity index (χ0) is 13.4. The van der Waals surface area contributed by atoms with Crippen molar-refractivity contribution in [3.05, 3.63) is 23.3 Å². The molecular weight excluding hydrogens is 220 g/mol. The minimum atomic E-state index is -1.34. The second kappa shape index (κ2) is 7.65. The molecule has 0 radical (unpaired) electrons. The van der Waals surface area contributed by atoms with Crippen LogP contribution in [-0.2, 0) is 9.59 Å². The Morgan fingerprint density at radius 2 is 1.59 bits per heavy atom. The van der Waals surface area contributed by atoms with Gasteiger partial charge in [-0.2, -0.15) is 0 Å². The Bertz CT molecular complexity index is 321. The number of allylic oxidation sites excluding steroid dienone is 4. The summed E-state index contributed by atoms with van der Waals surface area (Å²) in [5.41, 5.74) is 2.27. The van der Waals surface area contributed by atoms with Gasteiger partial charge in [-0.1, -0.05) is 23.3 Å². The summed E-state index contributed by atoms with van der Waals surface area (Å²) >= 11 is 0. The van der Waals surface area contributed by atoms with Crippen molar-refractivity contribution in [1.29, 1.82) is 0 Å². The average Bonchev–Trinajstić information content (AvgIpc) is 2.15. The number of aliphatic carboxylic acids is 2. The smallest absolute Gasteiger partial charge is 0.318 e. The quantitative estimate of drug-likeness (QED) is 0.530. The van der Waals surface area contributed by atoms with Crippen molar-refractivity contribution in [1.82, 2.24) is 0 Å². The predicted molar refractivity (Wildman–Crippen MR) is 65.8 cm³/mol. The molecule has 0 saturated carbocycles. The highest BCUT2D eigenvalue weighted by Crippen LogP contribution is 2.12. The summed E-state index contributed by atoms with van der Waals surface area (Å²) in [7, 11) is 0. The van der Waals surface area contributed by atoms with E-state index in [1.54, 1.807) is 6.08 Å². The van der Waals surface area contributed by atoms with Crippen LogP contribution in [0.3, 0.4) is 0 Å². The van der Waals surface area contributed by atoms with Gasteiger partial charge in [0.05, 0.1) is 0 Å². The van der Waals surface area contributed by atoms with Crippen LogP contribution in [0.15, 0.2) is 23.3 Å². The van der Waals surface area contributed by atoms with E-state index in [1.807, 2.05) is 20.8 Å². The Morgan fingerprint density at radius 1 is 1.06 bits per heavy atom. The first kappa shape index (κ1) is 15.4. The standard InChI is InChI=1S/C13H20O4/c1-9(2)5-4-6-10(3)7-8-11(12(14)15)13(16)17/h5,7,11H,4,6,8H2,1-3H3,(H,14,15)(H,16,17)/b10-7+. The molecule has 0 aliphatic carbocycles. The summed E-state index contributed by atoms with van der Waals surface area (Å²) < 4.78 is 0. The molecule has 0 rings (SSSR count). The molecule has 17 heavy (non-hydrogen) atoms. The molecule has 0 bridgehead atoms. The molecular formula is C13H20O4. The molecule has 96 valence electrons. The summed E-state index contributed by atoms with van der Waals surface area (Å²) in [6, 6.07) is 0. The summed E-state index contributed by atoms with van der Waals surface area (Å²) in [6.07, 6.45) is 5.58. The summed E-state index contributed by atoms with van der Waals surface area (Å²) in [5.74, 6) is -3.91. The summed E-state index contributed by atoms with van der Waals surface area (Å²) in [4.78, 5) is 21.3. The maximum atomic E-state index is 10.6. The molecule has 0 aromatic rings. The fraction of sp³-hybridized carbons (Fsp3) is 0.538. The lowest BCUT2D eigenvalue weighted by Gasteiger charge is -2.04. The molecule has 2 N–H and O–H groups in total. The average molecular weight is 240 g/mol. The van der Waals surface area contributed by atoms with Crippen LogP contribution in [0.25, 0.3) is 0 Å². The number of rotatable bonds is 7. The third-order valence-corrected chi connectivity index (χ3v) is 2.39. The van der Waals surface area contributed by atoms with Crippen molar-refractivity contribution in [3.63, 3.8) is 0 Å². The molecule has 0 fully saturated rings. The van der Waals surface area contributed by atoms with E-state index in [0.29, 0.717) is 0 Å². The number of carboxylic acid groups (broad SMARTS) is 2. The maximum Gasteiger partial charge on any atom is 0.318 e. The Morgan fingerprint density at radius 3 is 2.00 bits per heavy atom. The number of carbonyl (C=O) groups is 2. The van der Waals surface area contributed by atoms with E-state index < -0.39 is 17.9 Å². The Kier molecular flexibility index (Phi) is 6.94. The molecule has 0 amide bonds. The normalized spacial score (nSPS) is 11.4. The van der Waals surface area contributed by atoms with Crippen molar-refractivity contribution in [2.75, 3.05) is 0 Å². The Hall–Kier alpha value is -1.58. The highest BCUT2D eigenvalue weighted by Gasteiger charge is 2.23. The van der Waals surface area contributed by atoms with E-state index in [9.17, 15) is 9.59 Å². The highest BCUT2D eigenvalue weighted by atomic mass is 16.4. The van der Waals surface area contributed by atoms with Gasteiger partial charge in [0.25, 0.3) is 0 Å². The van der Waals surface area contributed by atoms with Gasteiger partial charge >= 0.3 is 11.9 Å². The zero-order valence-electron chi connectivity index (χ0n) is 10.6. The minimum absolute atomic E-state index is 0.0469. The lowest BCUT2D eigenvalue weighted by Crippen LogP contribution is -2.22. The van der Waals surface area contributed by atoms with Crippen LogP contribution in [-0.4, -0.2) is 22.2 Å². The summed E-state index contributed by atoms with van der Waals surface area (Å²) in [6.45, 7) is 5.92. The molecule has 4 heteroatoms. The van der Waals surface area contributed by atoms with E-state index in [4.69, 9.17) is 10.2 Å². The molecule has 0 aromatic heterocycles. The largest absolute Gasteiger partial charge is 0.481 e. The zero-order valence-corrected chi connectivity index (χ0v) is 10.6. The van der Waals surface area contributed by atoms with Crippen LogP contribution in [0.1, 0.15) is 40.0 Å². The molecule has 0 atom stereocenters. The monoisotopic (exact) mass is 240 g/mol. The second-order valence-electron chi connectivity index (χ2n) is 4.34. The van der Waals surface area contributed by atoms with Crippen molar-refractivity contribution in [2.45, 2.75) is 40.0 Å². The molecule has 0 aliphatic rings. The van der Waals surface area contributed by atoms with Gasteiger partial charge in [-0.3, -0.25) is 9.59 Å². The molecule has 0 aliphatic heterocycles. The number of hydrogen-bond acceptors (Lipinski definition) is 2. The van der Waals surface area contributed by atoms with Gasteiger partial charge in [-0.05, 0) is 40.0 Å². The van der Waals surface area contributed by atoms with Crippen LogP contribution in [0.5, 0.6) is 0 Å². The van der Waals surface area contributed by atoms with Gasteiger partial charge in [-0.25, -0.2) is 0 Å². The summed E-state index contributed by atoms with van der Waals surface area (Å²) in [5, 5.41) is 17.4. The number of carboxylic acids is 2.